The molecular formula is C42H26IN5O. The number of H-pyrrole nitrogens is 1. The standard InChI is InChI=1S/C42H25N5O.HI/c1-3-17-36-29(11-1)31-12-6-14-33-34-15-7-13-32-30-21-20-28(24-39(30)47(41(32)34)42-38(19-8-22-43-42)46(36)40(31)33)48-27-10-5-9-26(23-27)45-25-44-35-16-2-4-18-37(35)45;/h1-25H;1H. The van der Waals surface area contributed by atoms with E-state index in [9.17, 15) is 0 Å². The van der Waals surface area contributed by atoms with Crippen molar-refractivity contribution in [1.82, 2.24) is 18.4 Å². The number of para-hydroxylation sites is 5. The lowest BCUT2D eigenvalue weighted by atomic mass is 10.0. The van der Waals surface area contributed by atoms with Gasteiger partial charge in [-0.25, -0.2) is 9.97 Å². The Hall–Kier alpha value is -5.93. The first-order valence-corrected chi connectivity index (χ1v) is 16.1. The van der Waals surface area contributed by atoms with Gasteiger partial charge in [0.25, 0.3) is 0 Å². The normalized spacial score (nSPS) is 11.9. The smallest absolute Gasteiger partial charge is 0.247 e. The summed E-state index contributed by atoms with van der Waals surface area (Å²) in [5.41, 5.74) is 9.70. The van der Waals surface area contributed by atoms with Crippen LogP contribution in [0, 0.1) is 0 Å². The van der Waals surface area contributed by atoms with Crippen molar-refractivity contribution >= 4 is 76.6 Å². The first-order valence-electron chi connectivity index (χ1n) is 16.1. The zero-order valence-electron chi connectivity index (χ0n) is 26.0. The lowest BCUT2D eigenvalue weighted by Crippen LogP contribution is -3.00. The molecule has 0 aliphatic rings. The fourth-order valence-electron chi connectivity index (χ4n) is 7.82. The molecule has 0 fully saturated rings. The third-order valence-electron chi connectivity index (χ3n) is 9.81. The molecule has 5 aromatic heterocycles. The Bertz CT molecular complexity index is 3120. The van der Waals surface area contributed by atoms with Crippen molar-refractivity contribution < 1.29 is 33.7 Å². The maximum absolute atomic E-state index is 6.61. The van der Waals surface area contributed by atoms with E-state index in [4.69, 9.17) is 9.72 Å². The number of rotatable bonds is 3. The molecule has 11 rings (SSSR count). The topological polar surface area (TPSA) is 50.0 Å². The summed E-state index contributed by atoms with van der Waals surface area (Å²) in [7, 11) is 0. The molecule has 0 saturated carbocycles. The molecule has 11 aromatic rings. The molecule has 5 heterocycles. The van der Waals surface area contributed by atoms with Gasteiger partial charge in [-0.05, 0) is 54.6 Å². The van der Waals surface area contributed by atoms with Gasteiger partial charge in [-0.1, -0.05) is 72.8 Å². The van der Waals surface area contributed by atoms with Crippen molar-refractivity contribution in [2.75, 3.05) is 0 Å². The maximum Gasteiger partial charge on any atom is 0.247 e. The number of hydrogen-bond acceptors (Lipinski definition) is 2. The molecule has 0 spiro atoms. The average molecular weight is 744 g/mol. The van der Waals surface area contributed by atoms with Crippen molar-refractivity contribution in [2.24, 2.45) is 0 Å². The number of imidazole rings is 1. The number of ether oxygens (including phenoxy) is 1. The van der Waals surface area contributed by atoms with Crippen LogP contribution >= 0.6 is 0 Å². The third kappa shape index (κ3) is 3.93. The van der Waals surface area contributed by atoms with Gasteiger partial charge in [-0.15, -0.1) is 0 Å². The Kier molecular flexibility index (Phi) is 6.05. The summed E-state index contributed by atoms with van der Waals surface area (Å²) in [6, 6.07) is 49.1. The van der Waals surface area contributed by atoms with E-state index in [1.165, 1.54) is 38.0 Å². The summed E-state index contributed by atoms with van der Waals surface area (Å²) in [5, 5.41) is 7.20. The number of benzene rings is 6. The van der Waals surface area contributed by atoms with Crippen LogP contribution in [0.4, 0.5) is 0 Å². The summed E-state index contributed by atoms with van der Waals surface area (Å²) in [6.45, 7) is 0. The lowest BCUT2D eigenvalue weighted by molar-refractivity contribution is -0.345. The summed E-state index contributed by atoms with van der Waals surface area (Å²) in [6.07, 6.45) is 3.88. The molecule has 0 unspecified atom stereocenters. The van der Waals surface area contributed by atoms with E-state index in [1.807, 2.05) is 36.8 Å². The minimum Gasteiger partial charge on any atom is -1.00 e. The van der Waals surface area contributed by atoms with Crippen molar-refractivity contribution in [3.8, 4) is 17.2 Å². The highest BCUT2D eigenvalue weighted by Gasteiger charge is 2.20. The second kappa shape index (κ2) is 10.5. The van der Waals surface area contributed by atoms with Crippen LogP contribution in [0.2, 0.25) is 0 Å². The van der Waals surface area contributed by atoms with Crippen molar-refractivity contribution in [2.45, 2.75) is 0 Å². The van der Waals surface area contributed by atoms with Crippen molar-refractivity contribution in [3.63, 3.8) is 0 Å². The zero-order chi connectivity index (χ0) is 31.3. The Morgan fingerprint density at radius 2 is 1.12 bits per heavy atom. The highest BCUT2D eigenvalue weighted by atomic mass is 127. The van der Waals surface area contributed by atoms with Gasteiger partial charge in [0.2, 0.25) is 6.33 Å². The van der Waals surface area contributed by atoms with E-state index >= 15 is 0 Å². The monoisotopic (exact) mass is 743 g/mol. The molecule has 0 aliphatic carbocycles. The molecule has 0 atom stereocenters. The summed E-state index contributed by atoms with van der Waals surface area (Å²) < 4.78 is 13.5. The Balaban J connectivity index is 0.00000306. The molecule has 0 amide bonds. The molecule has 6 nitrogen and oxygen atoms in total. The van der Waals surface area contributed by atoms with Gasteiger partial charge >= 0.3 is 0 Å². The van der Waals surface area contributed by atoms with Crippen molar-refractivity contribution in [1.29, 1.82) is 0 Å². The quantitative estimate of drug-likeness (QED) is 0.185. The Labute approximate surface area is 296 Å². The number of aromatic nitrogens is 5. The molecule has 6 aromatic carbocycles. The number of pyridine rings is 1. The Morgan fingerprint density at radius 1 is 0.490 bits per heavy atom. The molecule has 0 saturated heterocycles. The van der Waals surface area contributed by atoms with Crippen LogP contribution in [-0.2, 0) is 0 Å². The van der Waals surface area contributed by atoms with Gasteiger partial charge in [0, 0.05) is 50.6 Å². The summed E-state index contributed by atoms with van der Waals surface area (Å²) in [4.78, 5) is 8.45. The van der Waals surface area contributed by atoms with Crippen LogP contribution in [0.5, 0.6) is 11.5 Å². The number of halogens is 1. The van der Waals surface area contributed by atoms with Gasteiger partial charge in [-0.3, -0.25) is 4.40 Å². The lowest BCUT2D eigenvalue weighted by Gasteiger charge is -2.10. The van der Waals surface area contributed by atoms with E-state index in [2.05, 4.69) is 134 Å². The largest absolute Gasteiger partial charge is 1.00 e. The van der Waals surface area contributed by atoms with Crippen LogP contribution < -0.4 is 33.7 Å². The number of nitrogens with zero attached hydrogens (tertiary/aromatic N) is 4. The molecule has 0 bridgehead atoms. The van der Waals surface area contributed by atoms with E-state index < -0.39 is 0 Å². The van der Waals surface area contributed by atoms with Gasteiger partial charge in [-0.2, -0.15) is 4.57 Å². The Morgan fingerprint density at radius 3 is 1.96 bits per heavy atom. The summed E-state index contributed by atoms with van der Waals surface area (Å²) >= 11 is 0. The van der Waals surface area contributed by atoms with Gasteiger partial charge in [0.1, 0.15) is 17.2 Å². The SMILES string of the molecule is [I-].c1cc(Oc2ccc3c4cccc5c6cccc7c8ccccc8n(c8cccnc8n(c3c2)c45)c76)cc(-n2c[nH+]c3ccccc32)c1. The molecule has 1 N–H and O–H groups in total. The van der Waals surface area contributed by atoms with E-state index in [0.29, 0.717) is 0 Å². The predicted octanol–water partition coefficient (Wildman–Crippen LogP) is 6.91. The van der Waals surface area contributed by atoms with Gasteiger partial charge in [0.15, 0.2) is 16.7 Å². The molecule has 7 heteroatoms. The number of fused-ring (bicyclic) bond motifs is 11. The number of aromatic amines is 1. The predicted molar refractivity (Wildman–Crippen MR) is 194 cm³/mol. The number of nitrogens with one attached hydrogen (secondary N) is 1. The molecule has 0 aliphatic heterocycles. The first kappa shape index (κ1) is 28.1. The van der Waals surface area contributed by atoms with Gasteiger partial charge < -0.3 is 33.1 Å². The minimum atomic E-state index is 0. The van der Waals surface area contributed by atoms with E-state index in [-0.39, 0.29) is 24.0 Å². The summed E-state index contributed by atoms with van der Waals surface area (Å²) in [5.74, 6) is 1.53. The first-order chi connectivity index (χ1) is 23.8. The zero-order valence-corrected chi connectivity index (χ0v) is 28.2. The van der Waals surface area contributed by atoms with Crippen LogP contribution in [0.3, 0.4) is 0 Å². The second-order valence-corrected chi connectivity index (χ2v) is 12.4. The number of hydrogen-bond donors (Lipinski definition) is 0. The van der Waals surface area contributed by atoms with Gasteiger partial charge in [0.05, 0.1) is 27.6 Å². The molecular weight excluding hydrogens is 717 g/mol. The second-order valence-electron chi connectivity index (χ2n) is 12.4. The highest BCUT2D eigenvalue weighted by Crippen LogP contribution is 2.41. The van der Waals surface area contributed by atoms with Crippen LogP contribution in [0.1, 0.15) is 0 Å². The molecule has 0 radical (unpaired) electrons. The van der Waals surface area contributed by atoms with Crippen LogP contribution in [-0.4, -0.2) is 18.4 Å². The maximum atomic E-state index is 6.61. The van der Waals surface area contributed by atoms with Crippen LogP contribution in [0.25, 0.3) is 82.3 Å². The fourth-order valence-corrected chi connectivity index (χ4v) is 7.82. The molecule has 49 heavy (non-hydrogen) atoms. The van der Waals surface area contributed by atoms with E-state index in [1.54, 1.807) is 0 Å². The van der Waals surface area contributed by atoms with E-state index in [0.717, 1.165) is 55.8 Å². The third-order valence-corrected chi connectivity index (χ3v) is 9.81. The fraction of sp³-hybridized carbons (Fsp3) is 0. The van der Waals surface area contributed by atoms with Crippen molar-refractivity contribution in [3.05, 3.63) is 152 Å². The average Bonchev–Trinajstić information content (AvgIpc) is 3.81. The van der Waals surface area contributed by atoms with Crippen LogP contribution in [0.15, 0.2) is 152 Å². The molecule has 232 valence electrons. The highest BCUT2D eigenvalue weighted by molar-refractivity contribution is 6.25. The minimum absolute atomic E-state index is 0.